The molecule has 0 amide bonds. The molecule has 0 saturated carbocycles. The number of carboxylic acid groups (broad SMARTS) is 2. The first-order chi connectivity index (χ1) is 18.2. The zero-order valence-electron chi connectivity index (χ0n) is 20.3. The van der Waals surface area contributed by atoms with E-state index in [-0.39, 0.29) is 5.41 Å². The van der Waals surface area contributed by atoms with Crippen molar-refractivity contribution >= 4 is 17.8 Å². The second-order valence-corrected chi connectivity index (χ2v) is 8.29. The van der Waals surface area contributed by atoms with E-state index in [1.54, 1.807) is 19.6 Å². The Morgan fingerprint density at radius 2 is 1.74 bits per heavy atom. The maximum Gasteiger partial charge on any atom is 0.490 e. The van der Waals surface area contributed by atoms with Gasteiger partial charge in [-0.3, -0.25) is 4.98 Å². The fourth-order valence-corrected chi connectivity index (χ4v) is 3.67. The number of anilines is 1. The molecule has 0 aliphatic carbocycles. The summed E-state index contributed by atoms with van der Waals surface area (Å²) < 4.78 is 80.5. The van der Waals surface area contributed by atoms with Crippen LogP contribution < -0.4 is 9.64 Å². The number of carboxylic acids is 2. The Morgan fingerprint density at radius 1 is 1.10 bits per heavy atom. The average molecular weight is 570 g/mol. The molecule has 39 heavy (non-hydrogen) atoms. The second kappa shape index (κ2) is 13.4. The molecule has 4 heterocycles. The Hall–Kier alpha value is -3.73. The summed E-state index contributed by atoms with van der Waals surface area (Å²) in [7, 11) is 1.62. The van der Waals surface area contributed by atoms with Gasteiger partial charge in [0.25, 0.3) is 0 Å². The van der Waals surface area contributed by atoms with Crippen LogP contribution in [-0.4, -0.2) is 89.5 Å². The SMILES string of the molecule is COc1cc(N2C[C@@H]3COC[C@]3(COCc3ccccn3)C2)ncn1.O=C(O)C(F)(F)F.O=C(O)C(F)(F)F. The third-order valence-corrected chi connectivity index (χ3v) is 5.53. The van der Waals surface area contributed by atoms with Gasteiger partial charge in [-0.25, -0.2) is 19.6 Å². The Kier molecular flexibility index (Phi) is 10.8. The molecule has 0 spiro atoms. The summed E-state index contributed by atoms with van der Waals surface area (Å²) in [5.41, 5.74) is 0.956. The van der Waals surface area contributed by atoms with Crippen LogP contribution in [0.3, 0.4) is 0 Å². The van der Waals surface area contributed by atoms with E-state index in [1.165, 1.54) is 0 Å². The van der Waals surface area contributed by atoms with E-state index in [0.29, 0.717) is 25.0 Å². The number of pyridine rings is 1. The molecule has 2 atom stereocenters. The van der Waals surface area contributed by atoms with Crippen molar-refractivity contribution < 1.29 is 60.4 Å². The fraction of sp³-hybridized carbons (Fsp3) is 0.500. The number of aliphatic carboxylic acids is 2. The van der Waals surface area contributed by atoms with Crippen molar-refractivity contribution in [1.29, 1.82) is 0 Å². The molecular weight excluding hydrogens is 546 g/mol. The van der Waals surface area contributed by atoms with Crippen LogP contribution >= 0.6 is 0 Å². The quantitative estimate of drug-likeness (QED) is 0.495. The van der Waals surface area contributed by atoms with Crippen molar-refractivity contribution in [1.82, 2.24) is 15.0 Å². The van der Waals surface area contributed by atoms with Gasteiger partial charge in [0, 0.05) is 36.7 Å². The molecule has 0 aromatic carbocycles. The van der Waals surface area contributed by atoms with Crippen LogP contribution in [0, 0.1) is 11.3 Å². The summed E-state index contributed by atoms with van der Waals surface area (Å²) in [6.07, 6.45) is -6.83. The first-order valence-electron chi connectivity index (χ1n) is 10.9. The second-order valence-electron chi connectivity index (χ2n) is 8.29. The monoisotopic (exact) mass is 570 g/mol. The van der Waals surface area contributed by atoms with E-state index < -0.39 is 24.3 Å². The molecule has 2 N–H and O–H groups in total. The highest BCUT2D eigenvalue weighted by Crippen LogP contribution is 2.43. The Balaban J connectivity index is 0.000000317. The third kappa shape index (κ3) is 9.51. The van der Waals surface area contributed by atoms with Gasteiger partial charge in [0.2, 0.25) is 5.88 Å². The van der Waals surface area contributed by atoms with Crippen LogP contribution in [0.15, 0.2) is 36.8 Å². The van der Waals surface area contributed by atoms with Crippen LogP contribution in [-0.2, 0) is 25.7 Å². The molecule has 2 aromatic heterocycles. The zero-order valence-corrected chi connectivity index (χ0v) is 20.3. The molecule has 0 unspecified atom stereocenters. The van der Waals surface area contributed by atoms with Crippen molar-refractivity contribution in [3.8, 4) is 5.88 Å². The van der Waals surface area contributed by atoms with Crippen molar-refractivity contribution in [3.63, 3.8) is 0 Å². The van der Waals surface area contributed by atoms with E-state index in [2.05, 4.69) is 19.9 Å². The van der Waals surface area contributed by atoms with Crippen LogP contribution in [0.1, 0.15) is 5.69 Å². The van der Waals surface area contributed by atoms with E-state index in [4.69, 9.17) is 34.0 Å². The summed E-state index contributed by atoms with van der Waals surface area (Å²) in [6, 6.07) is 7.75. The molecule has 17 heteroatoms. The lowest BCUT2D eigenvalue weighted by atomic mass is 9.82. The summed E-state index contributed by atoms with van der Waals surface area (Å²) in [4.78, 5) is 32.9. The topological polar surface area (TPSA) is 144 Å². The number of fused-ring (bicyclic) bond motifs is 1. The summed E-state index contributed by atoms with van der Waals surface area (Å²) in [5.74, 6) is -3.60. The Morgan fingerprint density at radius 3 is 2.28 bits per heavy atom. The van der Waals surface area contributed by atoms with Gasteiger partial charge >= 0.3 is 24.3 Å². The Labute approximate surface area is 217 Å². The number of hydrogen-bond acceptors (Lipinski definition) is 9. The summed E-state index contributed by atoms with van der Waals surface area (Å²) in [5, 5.41) is 14.2. The molecule has 0 bridgehead atoms. The predicted octanol–water partition coefficient (Wildman–Crippen LogP) is 2.82. The predicted molar refractivity (Wildman–Crippen MR) is 119 cm³/mol. The molecule has 2 saturated heterocycles. The van der Waals surface area contributed by atoms with Crippen molar-refractivity contribution in [2.24, 2.45) is 11.3 Å². The van der Waals surface area contributed by atoms with E-state index in [0.717, 1.165) is 37.8 Å². The largest absolute Gasteiger partial charge is 0.490 e. The van der Waals surface area contributed by atoms with Gasteiger partial charge in [0.1, 0.15) is 12.1 Å². The van der Waals surface area contributed by atoms with Gasteiger partial charge in [0.15, 0.2) is 0 Å². The number of hydrogen-bond donors (Lipinski definition) is 2. The average Bonchev–Trinajstić information content (AvgIpc) is 3.42. The number of ether oxygens (including phenoxy) is 3. The van der Waals surface area contributed by atoms with Crippen LogP contribution in [0.25, 0.3) is 0 Å². The number of nitrogens with zero attached hydrogens (tertiary/aromatic N) is 4. The highest BCUT2D eigenvalue weighted by Gasteiger charge is 2.51. The minimum Gasteiger partial charge on any atom is -0.481 e. The molecule has 216 valence electrons. The molecule has 2 fully saturated rings. The van der Waals surface area contributed by atoms with E-state index in [9.17, 15) is 26.3 Å². The molecular formula is C22H24F6N4O7. The first-order valence-corrected chi connectivity index (χ1v) is 10.9. The molecule has 11 nitrogen and oxygen atoms in total. The standard InChI is InChI=1S/C18H22N4O3.2C2HF3O2/c1-23-17-6-16(20-13-21-17)22-7-14-8-24-11-18(14,10-22)12-25-9-15-4-2-3-5-19-15;2*3-2(4,5)1(6)7/h2-6,13-14H,7-12H2,1H3;2*(H,6,7)/t14-,18+;;/m1../s1. The molecule has 2 aliphatic heterocycles. The molecule has 0 radical (unpaired) electrons. The maximum atomic E-state index is 10.6. The number of methoxy groups -OCH3 is 1. The molecule has 2 aliphatic rings. The number of aromatic nitrogens is 3. The van der Waals surface area contributed by atoms with Gasteiger partial charge in [-0.05, 0) is 12.1 Å². The van der Waals surface area contributed by atoms with Crippen LogP contribution in [0.2, 0.25) is 0 Å². The fourth-order valence-electron chi connectivity index (χ4n) is 3.67. The Bertz CT molecular complexity index is 1070. The van der Waals surface area contributed by atoms with Crippen molar-refractivity contribution in [2.45, 2.75) is 19.0 Å². The number of alkyl halides is 6. The zero-order chi connectivity index (χ0) is 29.3. The molecule has 2 aromatic rings. The highest BCUT2D eigenvalue weighted by molar-refractivity contribution is 5.73. The minimum absolute atomic E-state index is 0.00691. The number of carbonyl (C=O) groups is 2. The normalized spacial score (nSPS) is 20.2. The van der Waals surface area contributed by atoms with Gasteiger partial charge < -0.3 is 29.3 Å². The van der Waals surface area contributed by atoms with Crippen molar-refractivity contribution in [3.05, 3.63) is 42.5 Å². The van der Waals surface area contributed by atoms with Crippen LogP contribution in [0.4, 0.5) is 32.2 Å². The van der Waals surface area contributed by atoms with Gasteiger partial charge in [-0.2, -0.15) is 26.3 Å². The van der Waals surface area contributed by atoms with Gasteiger partial charge in [0.05, 0.1) is 39.2 Å². The van der Waals surface area contributed by atoms with E-state index >= 15 is 0 Å². The number of halogens is 6. The highest BCUT2D eigenvalue weighted by atomic mass is 19.4. The van der Waals surface area contributed by atoms with Crippen LogP contribution in [0.5, 0.6) is 5.88 Å². The summed E-state index contributed by atoms with van der Waals surface area (Å²) in [6.45, 7) is 4.45. The minimum atomic E-state index is -5.08. The number of rotatable bonds is 6. The first kappa shape index (κ1) is 31.5. The van der Waals surface area contributed by atoms with Crippen molar-refractivity contribution in [2.75, 3.05) is 44.9 Å². The van der Waals surface area contributed by atoms with Gasteiger partial charge in [-0.1, -0.05) is 6.07 Å². The van der Waals surface area contributed by atoms with E-state index in [1.807, 2.05) is 24.3 Å². The smallest absolute Gasteiger partial charge is 0.481 e. The lowest BCUT2D eigenvalue weighted by molar-refractivity contribution is -0.193. The third-order valence-electron chi connectivity index (χ3n) is 5.53. The van der Waals surface area contributed by atoms with Gasteiger partial charge in [-0.15, -0.1) is 0 Å². The summed E-state index contributed by atoms with van der Waals surface area (Å²) >= 11 is 0. The lowest BCUT2D eigenvalue weighted by Crippen LogP contribution is -2.35. The molecule has 4 rings (SSSR count). The maximum absolute atomic E-state index is 10.6. The lowest BCUT2D eigenvalue weighted by Gasteiger charge is -2.27.